The monoisotopic (exact) mass is 253 g/mol. The number of likely N-dealkylation sites (tertiary alicyclic amines) is 1. The lowest BCUT2D eigenvalue weighted by Crippen LogP contribution is -2.48. The molecule has 0 aromatic heterocycles. The van der Waals surface area contributed by atoms with Crippen LogP contribution in [0.25, 0.3) is 0 Å². The van der Waals surface area contributed by atoms with Gasteiger partial charge in [-0.3, -0.25) is 0 Å². The SMILES string of the molecule is CC(C)(C)OC(=O)N1CCCC2(CCCCC2)C1. The minimum atomic E-state index is -0.381. The molecule has 1 heterocycles. The van der Waals surface area contributed by atoms with Crippen molar-refractivity contribution in [1.82, 2.24) is 4.90 Å². The molecule has 3 heteroatoms. The van der Waals surface area contributed by atoms with Gasteiger partial charge in [0.25, 0.3) is 0 Å². The van der Waals surface area contributed by atoms with E-state index in [4.69, 9.17) is 4.74 Å². The Morgan fingerprint density at radius 3 is 2.28 bits per heavy atom. The van der Waals surface area contributed by atoms with Crippen LogP contribution in [-0.2, 0) is 4.74 Å². The number of amides is 1. The summed E-state index contributed by atoms with van der Waals surface area (Å²) in [6.07, 6.45) is 8.95. The van der Waals surface area contributed by atoms with E-state index >= 15 is 0 Å². The molecule has 2 fully saturated rings. The van der Waals surface area contributed by atoms with Crippen molar-refractivity contribution in [2.24, 2.45) is 5.41 Å². The zero-order chi connectivity index (χ0) is 13.2. The molecule has 104 valence electrons. The number of piperidine rings is 1. The smallest absolute Gasteiger partial charge is 0.410 e. The maximum atomic E-state index is 12.1. The normalized spacial score (nSPS) is 24.1. The Bertz CT molecular complexity index is 295. The van der Waals surface area contributed by atoms with Crippen molar-refractivity contribution in [2.45, 2.75) is 71.3 Å². The first-order chi connectivity index (χ1) is 8.40. The summed E-state index contributed by atoms with van der Waals surface area (Å²) in [5.41, 5.74) is 0.0294. The number of hydrogen-bond acceptors (Lipinski definition) is 2. The maximum Gasteiger partial charge on any atom is 0.410 e. The molecule has 0 atom stereocenters. The predicted molar refractivity (Wildman–Crippen MR) is 72.6 cm³/mol. The van der Waals surface area contributed by atoms with Crippen LogP contribution in [-0.4, -0.2) is 29.7 Å². The van der Waals surface area contributed by atoms with E-state index in [1.165, 1.54) is 38.5 Å². The molecular weight excluding hydrogens is 226 g/mol. The van der Waals surface area contributed by atoms with E-state index in [-0.39, 0.29) is 11.7 Å². The molecular formula is C15H27NO2. The lowest BCUT2D eigenvalue weighted by molar-refractivity contribution is -0.00333. The average molecular weight is 253 g/mol. The summed E-state index contributed by atoms with van der Waals surface area (Å²) in [5.74, 6) is 0. The molecule has 18 heavy (non-hydrogen) atoms. The van der Waals surface area contributed by atoms with Gasteiger partial charge in [-0.25, -0.2) is 4.79 Å². The van der Waals surface area contributed by atoms with Crippen molar-refractivity contribution in [1.29, 1.82) is 0 Å². The van der Waals surface area contributed by atoms with Crippen LogP contribution in [0.4, 0.5) is 4.79 Å². The van der Waals surface area contributed by atoms with Crippen LogP contribution in [0.5, 0.6) is 0 Å². The molecule has 1 spiro atoms. The van der Waals surface area contributed by atoms with Crippen LogP contribution in [0.1, 0.15) is 65.7 Å². The summed E-state index contributed by atoms with van der Waals surface area (Å²) in [6, 6.07) is 0. The molecule has 0 bridgehead atoms. The summed E-state index contributed by atoms with van der Waals surface area (Å²) in [7, 11) is 0. The summed E-state index contributed by atoms with van der Waals surface area (Å²) >= 11 is 0. The van der Waals surface area contributed by atoms with Gasteiger partial charge in [-0.1, -0.05) is 19.3 Å². The minimum Gasteiger partial charge on any atom is -0.444 e. The third kappa shape index (κ3) is 3.39. The van der Waals surface area contributed by atoms with Crippen LogP contribution < -0.4 is 0 Å². The molecule has 2 rings (SSSR count). The lowest BCUT2D eigenvalue weighted by Gasteiger charge is -2.45. The van der Waals surface area contributed by atoms with E-state index in [0.717, 1.165) is 19.5 Å². The second kappa shape index (κ2) is 5.10. The van der Waals surface area contributed by atoms with E-state index in [2.05, 4.69) is 0 Å². The third-order valence-electron chi connectivity index (χ3n) is 4.23. The fourth-order valence-corrected chi connectivity index (χ4v) is 3.40. The molecule has 1 aliphatic carbocycles. The average Bonchev–Trinajstić information content (AvgIpc) is 2.28. The molecule has 1 amide bonds. The molecule has 0 radical (unpaired) electrons. The highest BCUT2D eigenvalue weighted by Gasteiger charge is 2.38. The highest BCUT2D eigenvalue weighted by Crippen LogP contribution is 2.43. The Morgan fingerprint density at radius 2 is 1.67 bits per heavy atom. The number of nitrogens with zero attached hydrogens (tertiary/aromatic N) is 1. The number of carbonyl (C=O) groups excluding carboxylic acids is 1. The first kappa shape index (κ1) is 13.7. The van der Waals surface area contributed by atoms with Crippen molar-refractivity contribution < 1.29 is 9.53 Å². The standard InChI is InChI=1S/C15H27NO2/c1-14(2,3)18-13(17)16-11-7-10-15(12-16)8-5-4-6-9-15/h4-12H2,1-3H3. The molecule has 0 unspecified atom stereocenters. The number of hydrogen-bond donors (Lipinski definition) is 0. The molecule has 0 aromatic rings. The van der Waals surface area contributed by atoms with E-state index in [1.54, 1.807) is 0 Å². The fourth-order valence-electron chi connectivity index (χ4n) is 3.40. The fraction of sp³-hybridized carbons (Fsp3) is 0.933. The second-order valence-electron chi connectivity index (χ2n) is 7.07. The van der Waals surface area contributed by atoms with Crippen molar-refractivity contribution in [3.05, 3.63) is 0 Å². The number of ether oxygens (including phenoxy) is 1. The van der Waals surface area contributed by atoms with Gasteiger partial charge in [-0.15, -0.1) is 0 Å². The molecule has 1 aliphatic heterocycles. The van der Waals surface area contributed by atoms with Gasteiger partial charge >= 0.3 is 6.09 Å². The van der Waals surface area contributed by atoms with Crippen LogP contribution in [0.3, 0.4) is 0 Å². The Kier molecular flexibility index (Phi) is 3.88. The van der Waals surface area contributed by atoms with E-state index in [0.29, 0.717) is 5.41 Å². The molecule has 1 saturated heterocycles. The van der Waals surface area contributed by atoms with Crippen molar-refractivity contribution >= 4 is 6.09 Å². The summed E-state index contributed by atoms with van der Waals surface area (Å²) < 4.78 is 5.50. The Labute approximate surface area is 111 Å². The van der Waals surface area contributed by atoms with Crippen LogP contribution in [0.15, 0.2) is 0 Å². The minimum absolute atomic E-state index is 0.118. The zero-order valence-electron chi connectivity index (χ0n) is 12.1. The van der Waals surface area contributed by atoms with Crippen LogP contribution >= 0.6 is 0 Å². The molecule has 2 aliphatic rings. The predicted octanol–water partition coefficient (Wildman–Crippen LogP) is 3.97. The van der Waals surface area contributed by atoms with Gasteiger partial charge in [0, 0.05) is 13.1 Å². The molecule has 3 nitrogen and oxygen atoms in total. The maximum absolute atomic E-state index is 12.1. The van der Waals surface area contributed by atoms with Crippen molar-refractivity contribution in [3.63, 3.8) is 0 Å². The largest absolute Gasteiger partial charge is 0.444 e. The highest BCUT2D eigenvalue weighted by atomic mass is 16.6. The van der Waals surface area contributed by atoms with Gasteiger partial charge in [0.05, 0.1) is 0 Å². The molecule has 0 aromatic carbocycles. The van der Waals surface area contributed by atoms with Crippen molar-refractivity contribution in [2.75, 3.05) is 13.1 Å². The van der Waals surface area contributed by atoms with Gasteiger partial charge in [-0.2, -0.15) is 0 Å². The molecule has 1 saturated carbocycles. The quantitative estimate of drug-likeness (QED) is 0.654. The first-order valence-corrected chi connectivity index (χ1v) is 7.38. The van der Waals surface area contributed by atoms with E-state index < -0.39 is 0 Å². The Balaban J connectivity index is 1.95. The van der Waals surface area contributed by atoms with Crippen LogP contribution in [0.2, 0.25) is 0 Å². The van der Waals surface area contributed by atoms with Gasteiger partial charge < -0.3 is 9.64 Å². The summed E-state index contributed by atoms with van der Waals surface area (Å²) in [6.45, 7) is 7.60. The third-order valence-corrected chi connectivity index (χ3v) is 4.23. The zero-order valence-corrected chi connectivity index (χ0v) is 12.1. The summed E-state index contributed by atoms with van der Waals surface area (Å²) in [4.78, 5) is 14.1. The van der Waals surface area contributed by atoms with Gasteiger partial charge in [0.2, 0.25) is 0 Å². The summed E-state index contributed by atoms with van der Waals surface area (Å²) in [5, 5.41) is 0. The van der Waals surface area contributed by atoms with Crippen LogP contribution in [0, 0.1) is 5.41 Å². The molecule has 0 N–H and O–H groups in total. The topological polar surface area (TPSA) is 29.5 Å². The van der Waals surface area contributed by atoms with E-state index in [9.17, 15) is 4.79 Å². The van der Waals surface area contributed by atoms with Gasteiger partial charge in [0.1, 0.15) is 5.60 Å². The Morgan fingerprint density at radius 1 is 1.06 bits per heavy atom. The van der Waals surface area contributed by atoms with Gasteiger partial charge in [0.15, 0.2) is 0 Å². The highest BCUT2D eigenvalue weighted by molar-refractivity contribution is 5.68. The number of rotatable bonds is 0. The van der Waals surface area contributed by atoms with Gasteiger partial charge in [-0.05, 0) is 51.9 Å². The lowest BCUT2D eigenvalue weighted by atomic mass is 9.69. The first-order valence-electron chi connectivity index (χ1n) is 7.38. The van der Waals surface area contributed by atoms with Crippen molar-refractivity contribution in [3.8, 4) is 0 Å². The number of carbonyl (C=O) groups is 1. The van der Waals surface area contributed by atoms with E-state index in [1.807, 2.05) is 25.7 Å². The second-order valence-corrected chi connectivity index (χ2v) is 7.07. The Hall–Kier alpha value is -0.730.